The van der Waals surface area contributed by atoms with Crippen LogP contribution in [-0.2, 0) is 37.3 Å². The molecule has 2 nitrogen and oxygen atoms in total. The Morgan fingerprint density at radius 1 is 0.538 bits per heavy atom. The van der Waals surface area contributed by atoms with E-state index in [1.54, 1.807) is 0 Å². The molecule has 1 aromatic rings. The zero-order chi connectivity index (χ0) is 28.4. The van der Waals surface area contributed by atoms with Gasteiger partial charge in [0.2, 0.25) is 0 Å². The predicted molar refractivity (Wildman–Crippen MR) is 178 cm³/mol. The molecule has 0 aliphatic heterocycles. The Morgan fingerprint density at radius 3 is 1.28 bits per heavy atom. The summed E-state index contributed by atoms with van der Waals surface area (Å²) in [6.45, 7) is 4.56. The molecular weight excluding hydrogens is 535 g/mol. The summed E-state index contributed by atoms with van der Waals surface area (Å²) in [5.41, 5.74) is 2.53. The third kappa shape index (κ3) is 22.4. The van der Waals surface area contributed by atoms with Gasteiger partial charge in [0.05, 0.1) is 0 Å². The normalized spacial score (nSPS) is 11.8. The lowest BCUT2D eigenvalue weighted by atomic mass is 9.95. The highest BCUT2D eigenvalue weighted by atomic mass is 33.1. The third-order valence-electron chi connectivity index (χ3n) is 8.02. The molecule has 0 aromatic heterocycles. The first-order valence-electron chi connectivity index (χ1n) is 16.8. The van der Waals surface area contributed by atoms with E-state index in [1.165, 1.54) is 159 Å². The lowest BCUT2D eigenvalue weighted by Crippen LogP contribution is -2.11. The first-order valence-corrected chi connectivity index (χ1v) is 20.5. The van der Waals surface area contributed by atoms with E-state index in [2.05, 4.69) is 19.9 Å². The second kappa shape index (κ2) is 25.8. The lowest BCUT2D eigenvalue weighted by molar-refractivity contribution is -0.169. The van der Waals surface area contributed by atoms with Crippen LogP contribution in [0.4, 0.5) is 0 Å². The van der Waals surface area contributed by atoms with Crippen LogP contribution in [0.5, 0.6) is 5.75 Å². The fourth-order valence-electron chi connectivity index (χ4n) is 5.63. The predicted octanol–water partition coefficient (Wildman–Crippen LogP) is 11.7. The minimum absolute atomic E-state index is 0.669. The molecule has 0 amide bonds. The average Bonchev–Trinajstić information content (AvgIpc) is 2.90. The smallest absolute Gasteiger partial charge is 0.171 e. The molecule has 5 heteroatoms. The summed E-state index contributed by atoms with van der Waals surface area (Å²) in [5.74, 6) is 0.669. The molecule has 0 aliphatic rings. The van der Waals surface area contributed by atoms with Gasteiger partial charge in [-0.2, -0.15) is 0 Å². The van der Waals surface area contributed by atoms with Crippen LogP contribution in [0.1, 0.15) is 179 Å². The summed E-state index contributed by atoms with van der Waals surface area (Å²) in [5, 5.41) is 0. The minimum Gasteiger partial charge on any atom is -0.682 e. The number of hydrogen-bond donors (Lipinski definition) is 0. The van der Waals surface area contributed by atoms with Crippen LogP contribution >= 0.6 is 6.12 Å². The maximum atomic E-state index is 12.1. The molecule has 0 N–H and O–H groups in total. The molecule has 0 unspecified atom stereocenters. The highest BCUT2D eigenvalue weighted by Gasteiger charge is 2.12. The molecule has 228 valence electrons. The van der Waals surface area contributed by atoms with Crippen LogP contribution in [0.3, 0.4) is 0 Å². The van der Waals surface area contributed by atoms with Gasteiger partial charge in [-0.3, -0.25) is 0 Å². The largest absolute Gasteiger partial charge is 0.682 e. The van der Waals surface area contributed by atoms with E-state index < -0.39 is 6.12 Å². The maximum absolute atomic E-state index is 12.1. The van der Waals surface area contributed by atoms with Crippen molar-refractivity contribution in [1.82, 2.24) is 0 Å². The minimum atomic E-state index is -3.40. The van der Waals surface area contributed by atoms with Gasteiger partial charge in [-0.1, -0.05) is 167 Å². The number of hydrogen-bond acceptors (Lipinski definition) is 4. The van der Waals surface area contributed by atoms with Crippen LogP contribution in [0.25, 0.3) is 0 Å². The number of aryl methyl sites for hydroxylation is 1. The van der Waals surface area contributed by atoms with Gasteiger partial charge >= 0.3 is 0 Å². The van der Waals surface area contributed by atoms with E-state index in [9.17, 15) is 4.89 Å². The van der Waals surface area contributed by atoms with E-state index in [4.69, 9.17) is 29.0 Å². The zero-order valence-corrected chi connectivity index (χ0v) is 28.2. The van der Waals surface area contributed by atoms with Gasteiger partial charge in [0.25, 0.3) is 0 Å². The summed E-state index contributed by atoms with van der Waals surface area (Å²) in [6.07, 6.45) is 31.1. The van der Waals surface area contributed by atoms with Gasteiger partial charge in [-0.15, -0.1) is 6.12 Å². The van der Waals surface area contributed by atoms with Crippen molar-refractivity contribution in [3.05, 3.63) is 29.3 Å². The molecule has 39 heavy (non-hydrogen) atoms. The Kier molecular flexibility index (Phi) is 24.6. The quantitative estimate of drug-likeness (QED) is 0.0547. The molecule has 0 fully saturated rings. The fourth-order valence-corrected chi connectivity index (χ4v) is 6.53. The Morgan fingerprint density at radius 2 is 0.897 bits per heavy atom. The molecular formula is C34H61O2PS2-2. The molecule has 0 atom stereocenters. The monoisotopic (exact) mass is 596 g/mol. The first-order chi connectivity index (χ1) is 19.0. The highest BCUT2D eigenvalue weighted by Crippen LogP contribution is 2.47. The van der Waals surface area contributed by atoms with Crippen molar-refractivity contribution in [1.29, 1.82) is 0 Å². The van der Waals surface area contributed by atoms with Crippen molar-refractivity contribution in [3.8, 4) is 5.75 Å². The van der Waals surface area contributed by atoms with Crippen molar-refractivity contribution in [2.75, 3.05) is 0 Å². The Labute approximate surface area is 255 Å². The summed E-state index contributed by atoms with van der Waals surface area (Å²) in [7, 11) is 0. The number of unbranched alkanes of at least 4 members (excludes halogenated alkanes) is 22. The third-order valence-corrected chi connectivity index (χ3v) is 8.89. The van der Waals surface area contributed by atoms with Gasteiger partial charge < -0.3 is 33.9 Å². The van der Waals surface area contributed by atoms with Crippen molar-refractivity contribution in [2.45, 2.75) is 181 Å². The SMILES string of the molecule is CCCCCCCCCCCCCCc1cccc(O[P+]([O-])([S-])[S-])c1CCCCCCCCCCCCCC. The highest BCUT2D eigenvalue weighted by molar-refractivity contribution is 8.69. The van der Waals surface area contributed by atoms with Crippen LogP contribution in [-0.4, -0.2) is 0 Å². The number of benzene rings is 1. The zero-order valence-electron chi connectivity index (χ0n) is 25.7. The number of rotatable bonds is 28. The van der Waals surface area contributed by atoms with E-state index in [0.717, 1.165) is 19.3 Å². The van der Waals surface area contributed by atoms with E-state index in [-0.39, 0.29) is 0 Å². The second-order valence-electron chi connectivity index (χ2n) is 11.7. The molecule has 0 bridgehead atoms. The van der Waals surface area contributed by atoms with Gasteiger partial charge in [0.15, 0.2) is 5.75 Å². The fraction of sp³-hybridized carbons (Fsp3) is 0.824. The molecule has 1 aromatic carbocycles. The molecule has 0 saturated heterocycles. The average molecular weight is 597 g/mol. The molecule has 0 aliphatic carbocycles. The van der Waals surface area contributed by atoms with Gasteiger partial charge in [0, 0.05) is 5.56 Å². The standard InChI is InChI=1S/C34H63O2PS2/c1-3-5-7-9-11-13-15-17-19-21-23-25-28-32-29-27-31-34(36-37(35,38)39)33(32)30-26-24-22-20-18-16-14-12-10-8-6-4-2/h27,29,31H,3-26,28,30H2,1-2H3,(H2,35,38,39)/p-2. The van der Waals surface area contributed by atoms with Crippen molar-refractivity contribution in [2.24, 2.45) is 0 Å². The summed E-state index contributed by atoms with van der Waals surface area (Å²) in [6, 6.07) is 6.14. The van der Waals surface area contributed by atoms with Crippen molar-refractivity contribution >= 4 is 30.6 Å². The molecule has 0 radical (unpaired) electrons. The summed E-state index contributed by atoms with van der Waals surface area (Å²) < 4.78 is 5.63. The van der Waals surface area contributed by atoms with Crippen molar-refractivity contribution in [3.63, 3.8) is 0 Å². The van der Waals surface area contributed by atoms with Gasteiger partial charge in [0.1, 0.15) is 0 Å². The second-order valence-corrected chi connectivity index (χ2v) is 16.4. The van der Waals surface area contributed by atoms with E-state index >= 15 is 0 Å². The van der Waals surface area contributed by atoms with Crippen LogP contribution in [0, 0.1) is 0 Å². The molecule has 1 rings (SSSR count). The molecule has 0 saturated carbocycles. The Hall–Kier alpha value is 0.110. The first kappa shape index (κ1) is 37.1. The van der Waals surface area contributed by atoms with E-state index in [1.807, 2.05) is 12.1 Å². The van der Waals surface area contributed by atoms with Gasteiger partial charge in [-0.25, -0.2) is 0 Å². The lowest BCUT2D eigenvalue weighted by Gasteiger charge is -2.42. The Bertz CT molecular complexity index is 678. The maximum Gasteiger partial charge on any atom is 0.171 e. The van der Waals surface area contributed by atoms with Crippen LogP contribution in [0.15, 0.2) is 18.2 Å². The van der Waals surface area contributed by atoms with Crippen LogP contribution in [0.2, 0.25) is 0 Å². The molecule has 0 spiro atoms. The molecule has 0 heterocycles. The van der Waals surface area contributed by atoms with Crippen LogP contribution < -0.4 is 9.42 Å². The van der Waals surface area contributed by atoms with Gasteiger partial charge in [-0.05, 0) is 37.3 Å². The van der Waals surface area contributed by atoms with Crippen molar-refractivity contribution < 1.29 is 9.42 Å². The Balaban J connectivity index is 2.31. The summed E-state index contributed by atoms with van der Waals surface area (Å²) in [4.78, 5) is 12.1. The summed E-state index contributed by atoms with van der Waals surface area (Å²) >= 11 is 9.89. The topological polar surface area (TPSA) is 32.3 Å². The van der Waals surface area contributed by atoms with E-state index in [0.29, 0.717) is 5.75 Å².